The standard InChI is InChI=1S/C16H26N4/c1-13-9-15(11-17-2)10-16(18-13)20-7-5-19(6-8-20)12-14-3-4-14/h9-10,14,17H,3-8,11-12H2,1-2H3. The van der Waals surface area contributed by atoms with Crippen LogP contribution in [-0.4, -0.2) is 49.7 Å². The zero-order valence-corrected chi connectivity index (χ0v) is 12.7. The fourth-order valence-corrected chi connectivity index (χ4v) is 3.01. The number of aromatic nitrogens is 1. The van der Waals surface area contributed by atoms with Crippen molar-refractivity contribution in [3.05, 3.63) is 23.4 Å². The normalized spacial score (nSPS) is 20.4. The van der Waals surface area contributed by atoms with Crippen LogP contribution in [-0.2, 0) is 6.54 Å². The zero-order valence-electron chi connectivity index (χ0n) is 12.7. The molecule has 0 radical (unpaired) electrons. The maximum Gasteiger partial charge on any atom is 0.129 e. The molecule has 1 saturated heterocycles. The highest BCUT2D eigenvalue weighted by atomic mass is 15.3. The molecule has 1 N–H and O–H groups in total. The van der Waals surface area contributed by atoms with Crippen LogP contribution in [0.2, 0.25) is 0 Å². The van der Waals surface area contributed by atoms with Gasteiger partial charge in [-0.1, -0.05) is 0 Å². The largest absolute Gasteiger partial charge is 0.354 e. The fourth-order valence-electron chi connectivity index (χ4n) is 3.01. The second-order valence-electron chi connectivity index (χ2n) is 6.24. The summed E-state index contributed by atoms with van der Waals surface area (Å²) >= 11 is 0. The first-order valence-electron chi connectivity index (χ1n) is 7.84. The Balaban J connectivity index is 1.61. The molecule has 0 unspecified atom stereocenters. The molecule has 0 bridgehead atoms. The molecule has 1 aromatic heterocycles. The van der Waals surface area contributed by atoms with E-state index in [9.17, 15) is 0 Å². The summed E-state index contributed by atoms with van der Waals surface area (Å²) in [4.78, 5) is 9.78. The van der Waals surface area contributed by atoms with Crippen molar-refractivity contribution in [3.63, 3.8) is 0 Å². The molecule has 110 valence electrons. The lowest BCUT2D eigenvalue weighted by atomic mass is 10.2. The number of piperazine rings is 1. The van der Waals surface area contributed by atoms with Gasteiger partial charge in [0.1, 0.15) is 5.82 Å². The summed E-state index contributed by atoms with van der Waals surface area (Å²) in [5.74, 6) is 2.15. The van der Waals surface area contributed by atoms with Gasteiger partial charge in [-0.15, -0.1) is 0 Å². The first-order chi connectivity index (χ1) is 9.74. The second kappa shape index (κ2) is 6.10. The first-order valence-corrected chi connectivity index (χ1v) is 7.84. The van der Waals surface area contributed by atoms with Crippen LogP contribution in [0.4, 0.5) is 5.82 Å². The van der Waals surface area contributed by atoms with Gasteiger partial charge in [-0.2, -0.15) is 0 Å². The van der Waals surface area contributed by atoms with E-state index in [0.29, 0.717) is 0 Å². The quantitative estimate of drug-likeness (QED) is 0.884. The van der Waals surface area contributed by atoms with Crippen molar-refractivity contribution >= 4 is 5.82 Å². The van der Waals surface area contributed by atoms with Gasteiger partial charge in [0.15, 0.2) is 0 Å². The molecule has 20 heavy (non-hydrogen) atoms. The molecule has 0 amide bonds. The van der Waals surface area contributed by atoms with E-state index < -0.39 is 0 Å². The predicted octanol–water partition coefficient (Wildman–Crippen LogP) is 1.64. The first kappa shape index (κ1) is 13.8. The number of hydrogen-bond acceptors (Lipinski definition) is 4. The van der Waals surface area contributed by atoms with Crippen molar-refractivity contribution in [1.82, 2.24) is 15.2 Å². The van der Waals surface area contributed by atoms with Crippen molar-refractivity contribution in [2.75, 3.05) is 44.7 Å². The third kappa shape index (κ3) is 3.49. The van der Waals surface area contributed by atoms with E-state index in [4.69, 9.17) is 4.98 Å². The molecule has 1 aliphatic carbocycles. The molecule has 3 rings (SSSR count). The summed E-state index contributed by atoms with van der Waals surface area (Å²) in [7, 11) is 1.99. The fraction of sp³-hybridized carbons (Fsp3) is 0.688. The van der Waals surface area contributed by atoms with Crippen LogP contribution in [0.15, 0.2) is 12.1 Å². The van der Waals surface area contributed by atoms with Crippen molar-refractivity contribution in [2.24, 2.45) is 5.92 Å². The van der Waals surface area contributed by atoms with Gasteiger partial charge in [0, 0.05) is 45.0 Å². The number of nitrogens with one attached hydrogen (secondary N) is 1. The Morgan fingerprint density at radius 3 is 2.60 bits per heavy atom. The number of nitrogens with zero attached hydrogens (tertiary/aromatic N) is 3. The molecule has 1 aromatic rings. The number of pyridine rings is 1. The Morgan fingerprint density at radius 1 is 1.20 bits per heavy atom. The molecule has 4 heteroatoms. The van der Waals surface area contributed by atoms with E-state index >= 15 is 0 Å². The highest BCUT2D eigenvalue weighted by Crippen LogP contribution is 2.30. The van der Waals surface area contributed by atoms with Crippen molar-refractivity contribution < 1.29 is 0 Å². The van der Waals surface area contributed by atoms with Gasteiger partial charge in [-0.05, 0) is 50.4 Å². The van der Waals surface area contributed by atoms with E-state index in [2.05, 4.69) is 34.2 Å². The van der Waals surface area contributed by atoms with Crippen LogP contribution in [0.3, 0.4) is 0 Å². The maximum absolute atomic E-state index is 4.72. The Kier molecular flexibility index (Phi) is 4.22. The van der Waals surface area contributed by atoms with Gasteiger partial charge in [-0.25, -0.2) is 4.98 Å². The molecule has 1 aliphatic heterocycles. The summed E-state index contributed by atoms with van der Waals surface area (Å²) in [5.41, 5.74) is 2.45. The molecule has 2 aliphatic rings. The number of anilines is 1. The van der Waals surface area contributed by atoms with Crippen LogP contribution in [0.25, 0.3) is 0 Å². The van der Waals surface area contributed by atoms with Gasteiger partial charge in [0.25, 0.3) is 0 Å². The molecular formula is C16H26N4. The molecule has 0 aromatic carbocycles. The summed E-state index contributed by atoms with van der Waals surface area (Å²) in [5, 5.41) is 3.22. The topological polar surface area (TPSA) is 31.4 Å². The SMILES string of the molecule is CNCc1cc(C)nc(N2CCN(CC3CC3)CC2)c1. The smallest absolute Gasteiger partial charge is 0.129 e. The van der Waals surface area contributed by atoms with E-state index in [0.717, 1.165) is 37.1 Å². The molecular weight excluding hydrogens is 248 g/mol. The Bertz CT molecular complexity index is 448. The van der Waals surface area contributed by atoms with E-state index in [-0.39, 0.29) is 0 Å². The lowest BCUT2D eigenvalue weighted by Gasteiger charge is -2.35. The Morgan fingerprint density at radius 2 is 1.95 bits per heavy atom. The lowest BCUT2D eigenvalue weighted by molar-refractivity contribution is 0.247. The highest BCUT2D eigenvalue weighted by Gasteiger charge is 2.26. The van der Waals surface area contributed by atoms with Gasteiger partial charge in [0.05, 0.1) is 0 Å². The molecule has 0 spiro atoms. The minimum atomic E-state index is 0.915. The minimum Gasteiger partial charge on any atom is -0.354 e. The van der Waals surface area contributed by atoms with Crippen LogP contribution in [0.1, 0.15) is 24.1 Å². The average molecular weight is 274 g/mol. The number of rotatable bonds is 5. The van der Waals surface area contributed by atoms with E-state index in [1.807, 2.05) is 7.05 Å². The summed E-state index contributed by atoms with van der Waals surface area (Å²) in [6.45, 7) is 8.93. The van der Waals surface area contributed by atoms with Crippen LogP contribution in [0.5, 0.6) is 0 Å². The van der Waals surface area contributed by atoms with Gasteiger partial charge >= 0.3 is 0 Å². The average Bonchev–Trinajstić information content (AvgIpc) is 3.23. The second-order valence-corrected chi connectivity index (χ2v) is 6.24. The third-order valence-electron chi connectivity index (χ3n) is 4.29. The maximum atomic E-state index is 4.72. The summed E-state index contributed by atoms with van der Waals surface area (Å²) < 4.78 is 0. The number of hydrogen-bond donors (Lipinski definition) is 1. The van der Waals surface area contributed by atoms with Gasteiger partial charge in [0.2, 0.25) is 0 Å². The van der Waals surface area contributed by atoms with Gasteiger partial charge in [-0.3, -0.25) is 4.90 Å². The number of aryl methyl sites for hydroxylation is 1. The van der Waals surface area contributed by atoms with Crippen LogP contribution < -0.4 is 10.2 Å². The zero-order chi connectivity index (χ0) is 13.9. The Hall–Kier alpha value is -1.13. The summed E-state index contributed by atoms with van der Waals surface area (Å²) in [6, 6.07) is 4.41. The third-order valence-corrected chi connectivity index (χ3v) is 4.29. The molecule has 0 atom stereocenters. The molecule has 1 saturated carbocycles. The van der Waals surface area contributed by atoms with Gasteiger partial charge < -0.3 is 10.2 Å². The van der Waals surface area contributed by atoms with Crippen molar-refractivity contribution in [1.29, 1.82) is 0 Å². The van der Waals surface area contributed by atoms with E-state index in [1.165, 1.54) is 38.0 Å². The summed E-state index contributed by atoms with van der Waals surface area (Å²) in [6.07, 6.45) is 2.90. The van der Waals surface area contributed by atoms with Crippen LogP contribution >= 0.6 is 0 Å². The van der Waals surface area contributed by atoms with Crippen molar-refractivity contribution in [2.45, 2.75) is 26.3 Å². The lowest BCUT2D eigenvalue weighted by Crippen LogP contribution is -2.47. The molecule has 2 fully saturated rings. The van der Waals surface area contributed by atoms with Crippen molar-refractivity contribution in [3.8, 4) is 0 Å². The molecule has 2 heterocycles. The highest BCUT2D eigenvalue weighted by molar-refractivity contribution is 5.43. The van der Waals surface area contributed by atoms with Crippen LogP contribution in [0, 0.1) is 12.8 Å². The monoisotopic (exact) mass is 274 g/mol. The van der Waals surface area contributed by atoms with E-state index in [1.54, 1.807) is 0 Å². The Labute approximate surface area is 122 Å². The predicted molar refractivity (Wildman–Crippen MR) is 83.1 cm³/mol. The minimum absolute atomic E-state index is 0.915. The molecule has 4 nitrogen and oxygen atoms in total.